The van der Waals surface area contributed by atoms with Crippen molar-refractivity contribution >= 4 is 45.0 Å². The molecule has 142 valence electrons. The van der Waals surface area contributed by atoms with Crippen LogP contribution < -0.4 is 9.46 Å². The molecule has 0 saturated carbocycles. The van der Waals surface area contributed by atoms with Crippen molar-refractivity contribution in [2.45, 2.75) is 24.5 Å². The molecule has 0 aromatic heterocycles. The molecule has 0 bridgehead atoms. The van der Waals surface area contributed by atoms with Crippen molar-refractivity contribution in [3.8, 4) is 5.75 Å². The monoisotopic (exact) mass is 433 g/mol. The molecule has 0 aliphatic rings. The van der Waals surface area contributed by atoms with E-state index in [-0.39, 0.29) is 4.90 Å². The summed E-state index contributed by atoms with van der Waals surface area (Å²) in [4.78, 5) is 0.279. The van der Waals surface area contributed by atoms with E-state index in [0.717, 1.165) is 11.1 Å². The second kappa shape index (κ2) is 9.33. The minimum absolute atomic E-state index is 0.279. The molecule has 0 atom stereocenters. The number of hydrogen-bond acceptors (Lipinski definition) is 4. The number of methoxy groups -OCH3 is 1. The van der Waals surface area contributed by atoms with Gasteiger partial charge in [0, 0.05) is 28.1 Å². The summed E-state index contributed by atoms with van der Waals surface area (Å²) in [5, 5.41) is 1.22. The third-order valence-electron chi connectivity index (χ3n) is 3.79. The Hall–Kier alpha value is -0.920. The van der Waals surface area contributed by atoms with Crippen LogP contribution >= 0.6 is 35.0 Å². The molecule has 0 heterocycles. The number of rotatable bonds is 8. The van der Waals surface area contributed by atoms with E-state index in [1.165, 1.54) is 0 Å². The van der Waals surface area contributed by atoms with Crippen LogP contribution in [0.25, 0.3) is 0 Å². The van der Waals surface area contributed by atoms with E-state index in [4.69, 9.17) is 27.9 Å². The fraction of sp³-hybridized carbons (Fsp3) is 0.333. The molecular weight excluding hydrogens is 413 g/mol. The lowest BCUT2D eigenvalue weighted by Gasteiger charge is -2.13. The van der Waals surface area contributed by atoms with E-state index in [9.17, 15) is 8.42 Å². The van der Waals surface area contributed by atoms with Gasteiger partial charge in [0.1, 0.15) is 5.75 Å². The van der Waals surface area contributed by atoms with Gasteiger partial charge in [-0.3, -0.25) is 0 Å². The van der Waals surface area contributed by atoms with E-state index in [0.29, 0.717) is 39.4 Å². The van der Waals surface area contributed by atoms with Crippen molar-refractivity contribution in [2.75, 3.05) is 19.4 Å². The van der Waals surface area contributed by atoms with Crippen molar-refractivity contribution in [1.82, 2.24) is 4.72 Å². The Balaban J connectivity index is 1.91. The average molecular weight is 434 g/mol. The highest BCUT2D eigenvalue weighted by Gasteiger charge is 2.18. The summed E-state index contributed by atoms with van der Waals surface area (Å²) in [5.41, 5.74) is 2.41. The van der Waals surface area contributed by atoms with Crippen LogP contribution in [0.4, 0.5) is 0 Å². The fourth-order valence-corrected chi connectivity index (χ4v) is 5.31. The lowest BCUT2D eigenvalue weighted by atomic mass is 10.1. The predicted octanol–water partition coefficient (Wildman–Crippen LogP) is 4.83. The van der Waals surface area contributed by atoms with E-state index in [1.54, 1.807) is 50.1 Å². The smallest absolute Gasteiger partial charge is 0.240 e. The fourth-order valence-electron chi connectivity index (χ4n) is 2.42. The highest BCUT2D eigenvalue weighted by Crippen LogP contribution is 2.26. The molecule has 4 nitrogen and oxygen atoms in total. The van der Waals surface area contributed by atoms with Gasteiger partial charge in [-0.15, -0.1) is 0 Å². The largest absolute Gasteiger partial charge is 0.496 e. The summed E-state index contributed by atoms with van der Waals surface area (Å²) in [7, 11) is -1.99. The van der Waals surface area contributed by atoms with Crippen LogP contribution in [0.2, 0.25) is 10.0 Å². The number of nitrogens with one attached hydrogen (secondary N) is 1. The molecule has 1 N–H and O–H groups in total. The van der Waals surface area contributed by atoms with Gasteiger partial charge < -0.3 is 4.74 Å². The predicted molar refractivity (Wildman–Crippen MR) is 110 cm³/mol. The maximum atomic E-state index is 12.5. The Morgan fingerprint density at radius 1 is 1.12 bits per heavy atom. The van der Waals surface area contributed by atoms with Crippen molar-refractivity contribution in [1.29, 1.82) is 0 Å². The van der Waals surface area contributed by atoms with Crippen LogP contribution in [0.15, 0.2) is 35.2 Å². The first-order valence-corrected chi connectivity index (χ1v) is 11.3. The van der Waals surface area contributed by atoms with E-state index in [2.05, 4.69) is 4.72 Å². The topological polar surface area (TPSA) is 55.4 Å². The SMILES string of the molecule is COc1cc(C)c(S(=O)(=O)NCCSCc2ccc(Cl)cc2Cl)cc1C. The van der Waals surface area contributed by atoms with Gasteiger partial charge >= 0.3 is 0 Å². The molecule has 0 aliphatic heterocycles. The van der Waals surface area contributed by atoms with Gasteiger partial charge in [0.2, 0.25) is 10.0 Å². The Labute approximate surface area is 169 Å². The van der Waals surface area contributed by atoms with E-state index < -0.39 is 10.0 Å². The lowest BCUT2D eigenvalue weighted by molar-refractivity contribution is 0.411. The van der Waals surface area contributed by atoms with Crippen LogP contribution in [0.3, 0.4) is 0 Å². The van der Waals surface area contributed by atoms with E-state index in [1.807, 2.05) is 13.0 Å². The summed E-state index contributed by atoms with van der Waals surface area (Å²) in [6.07, 6.45) is 0. The van der Waals surface area contributed by atoms with Crippen LogP contribution in [0.1, 0.15) is 16.7 Å². The van der Waals surface area contributed by atoms with Crippen LogP contribution in [-0.2, 0) is 15.8 Å². The first-order chi connectivity index (χ1) is 12.2. The molecule has 0 saturated heterocycles. The number of ether oxygens (including phenoxy) is 1. The van der Waals surface area contributed by atoms with Gasteiger partial charge in [0.05, 0.1) is 12.0 Å². The minimum atomic E-state index is -3.56. The van der Waals surface area contributed by atoms with Crippen molar-refractivity contribution in [2.24, 2.45) is 0 Å². The quantitative estimate of drug-likeness (QED) is 0.605. The molecule has 0 aliphatic carbocycles. The normalized spacial score (nSPS) is 11.6. The highest BCUT2D eigenvalue weighted by atomic mass is 35.5. The second-order valence-electron chi connectivity index (χ2n) is 5.77. The second-order valence-corrected chi connectivity index (χ2v) is 9.46. The van der Waals surface area contributed by atoms with Gasteiger partial charge in [-0.2, -0.15) is 11.8 Å². The maximum Gasteiger partial charge on any atom is 0.240 e. The van der Waals surface area contributed by atoms with Gasteiger partial charge in [-0.1, -0.05) is 29.3 Å². The number of halogens is 2. The van der Waals surface area contributed by atoms with Gasteiger partial charge in [-0.25, -0.2) is 13.1 Å². The molecule has 2 aromatic rings. The summed E-state index contributed by atoms with van der Waals surface area (Å²) in [6.45, 7) is 3.92. The standard InChI is InChI=1S/C18H21Cl2NO3S2/c1-12-9-18(13(2)8-17(12)24-3)26(22,23)21-6-7-25-11-14-4-5-15(19)10-16(14)20/h4-5,8-10,21H,6-7,11H2,1-3H3. The van der Waals surface area contributed by atoms with Crippen LogP contribution in [0.5, 0.6) is 5.75 Å². The number of hydrogen-bond donors (Lipinski definition) is 1. The van der Waals surface area contributed by atoms with Crippen molar-refractivity contribution in [3.05, 3.63) is 57.1 Å². The first-order valence-electron chi connectivity index (χ1n) is 7.91. The molecule has 0 radical (unpaired) electrons. The highest BCUT2D eigenvalue weighted by molar-refractivity contribution is 7.98. The molecule has 2 rings (SSSR count). The summed E-state index contributed by atoms with van der Waals surface area (Å²) >= 11 is 13.6. The Morgan fingerprint density at radius 2 is 1.85 bits per heavy atom. The number of thioether (sulfide) groups is 1. The lowest BCUT2D eigenvalue weighted by Crippen LogP contribution is -2.26. The average Bonchev–Trinajstić information content (AvgIpc) is 2.57. The van der Waals surface area contributed by atoms with Gasteiger partial charge in [-0.05, 0) is 54.8 Å². The molecular formula is C18H21Cl2NO3S2. The number of benzene rings is 2. The summed E-state index contributed by atoms with van der Waals surface area (Å²) < 4.78 is 32.9. The third kappa shape index (κ3) is 5.54. The molecule has 0 unspecified atom stereocenters. The van der Waals surface area contributed by atoms with E-state index >= 15 is 0 Å². The molecule has 2 aromatic carbocycles. The Morgan fingerprint density at radius 3 is 2.50 bits per heavy atom. The maximum absolute atomic E-state index is 12.5. The molecule has 0 spiro atoms. The number of sulfonamides is 1. The number of aryl methyl sites for hydroxylation is 2. The Kier molecular flexibility index (Phi) is 7.67. The molecule has 26 heavy (non-hydrogen) atoms. The zero-order valence-corrected chi connectivity index (χ0v) is 18.0. The Bertz CT molecular complexity index is 886. The first kappa shape index (κ1) is 21.4. The third-order valence-corrected chi connectivity index (χ3v) is 6.99. The van der Waals surface area contributed by atoms with Crippen molar-refractivity contribution < 1.29 is 13.2 Å². The van der Waals surface area contributed by atoms with Crippen molar-refractivity contribution in [3.63, 3.8) is 0 Å². The minimum Gasteiger partial charge on any atom is -0.496 e. The zero-order valence-electron chi connectivity index (χ0n) is 14.8. The van der Waals surface area contributed by atoms with Crippen LogP contribution in [0, 0.1) is 13.8 Å². The summed E-state index contributed by atoms with van der Waals surface area (Å²) in [5.74, 6) is 2.00. The van der Waals surface area contributed by atoms with Gasteiger partial charge in [0.15, 0.2) is 0 Å². The van der Waals surface area contributed by atoms with Crippen LogP contribution in [-0.4, -0.2) is 27.8 Å². The molecule has 0 amide bonds. The molecule has 0 fully saturated rings. The zero-order chi connectivity index (χ0) is 19.3. The molecule has 8 heteroatoms. The summed E-state index contributed by atoms with van der Waals surface area (Å²) in [6, 6.07) is 8.75. The van der Waals surface area contributed by atoms with Gasteiger partial charge in [0.25, 0.3) is 0 Å².